The van der Waals surface area contributed by atoms with Crippen LogP contribution in [0.4, 0.5) is 5.88 Å². The van der Waals surface area contributed by atoms with Crippen molar-refractivity contribution < 1.29 is 19.8 Å². The van der Waals surface area contributed by atoms with Gasteiger partial charge in [0, 0.05) is 6.07 Å². The fourth-order valence-corrected chi connectivity index (χ4v) is 0.563. The Bertz CT molecular complexity index is 197. The molecule has 5 nitrogen and oxygen atoms in total. The Morgan fingerprint density at radius 2 is 2.40 bits per heavy atom. The van der Waals surface area contributed by atoms with Crippen molar-refractivity contribution in [2.75, 3.05) is 5.48 Å². The summed E-state index contributed by atoms with van der Waals surface area (Å²) in [5.41, 5.74) is 2.04. The summed E-state index contributed by atoms with van der Waals surface area (Å²) < 4.78 is 4.83. The van der Waals surface area contributed by atoms with E-state index in [0.29, 0.717) is 5.76 Å². The lowest BCUT2D eigenvalue weighted by molar-refractivity contribution is -0.217. The van der Waals surface area contributed by atoms with Gasteiger partial charge < -0.3 is 9.52 Å². The molecule has 0 atom stereocenters. The highest BCUT2D eigenvalue weighted by molar-refractivity contribution is 5.28. The molecular weight excluding hydrogens is 138 g/mol. The Hall–Kier alpha value is -1.04. The van der Waals surface area contributed by atoms with Crippen LogP contribution in [0.3, 0.4) is 0 Å². The summed E-state index contributed by atoms with van der Waals surface area (Å²) in [4.78, 5) is 3.56. The lowest BCUT2D eigenvalue weighted by Crippen LogP contribution is -1.93. The van der Waals surface area contributed by atoms with Crippen LogP contribution < -0.4 is 5.48 Å². The number of anilines is 1. The maximum atomic E-state index is 8.49. The highest BCUT2D eigenvalue weighted by Gasteiger charge is 1.98. The average molecular weight is 145 g/mol. The number of rotatable bonds is 3. The van der Waals surface area contributed by atoms with E-state index < -0.39 is 0 Å². The molecule has 0 aliphatic carbocycles. The first-order valence-corrected chi connectivity index (χ1v) is 2.63. The smallest absolute Gasteiger partial charge is 0.219 e. The summed E-state index contributed by atoms with van der Waals surface area (Å²) in [5, 5.41) is 16.4. The van der Waals surface area contributed by atoms with Gasteiger partial charge in [0.25, 0.3) is 0 Å². The van der Waals surface area contributed by atoms with E-state index in [2.05, 4.69) is 4.99 Å². The number of hydrogen-bond donors (Lipinski definition) is 3. The molecule has 0 amide bonds. The topological polar surface area (TPSA) is 74.9 Å². The summed E-state index contributed by atoms with van der Waals surface area (Å²) in [5.74, 6) is 0.645. The van der Waals surface area contributed by atoms with E-state index in [9.17, 15) is 0 Å². The van der Waals surface area contributed by atoms with Gasteiger partial charge >= 0.3 is 0 Å². The van der Waals surface area contributed by atoms with Crippen LogP contribution in [-0.2, 0) is 11.6 Å². The van der Waals surface area contributed by atoms with Crippen LogP contribution >= 0.6 is 0 Å². The van der Waals surface area contributed by atoms with Gasteiger partial charge in [0.15, 0.2) is 0 Å². The summed E-state index contributed by atoms with van der Waals surface area (Å²) in [6, 6.07) is 3.07. The zero-order valence-electron chi connectivity index (χ0n) is 5.07. The Kier molecular flexibility index (Phi) is 2.27. The molecule has 0 unspecified atom stereocenters. The molecule has 0 aliphatic heterocycles. The van der Waals surface area contributed by atoms with Gasteiger partial charge in [-0.1, -0.05) is 0 Å². The largest absolute Gasteiger partial charge is 0.441 e. The van der Waals surface area contributed by atoms with Gasteiger partial charge in [-0.3, -0.25) is 0 Å². The standard InChI is InChI=1S/C5H7NO4/c7-3-4-1-2-5(9-4)6-10-8/h1-2,6-8H,3H2. The van der Waals surface area contributed by atoms with Gasteiger partial charge in [-0.05, 0) is 6.07 Å². The van der Waals surface area contributed by atoms with Gasteiger partial charge in [0.1, 0.15) is 12.4 Å². The molecule has 0 spiro atoms. The third kappa shape index (κ3) is 1.47. The molecule has 1 aromatic rings. The van der Waals surface area contributed by atoms with Crippen molar-refractivity contribution in [2.24, 2.45) is 0 Å². The van der Waals surface area contributed by atoms with Gasteiger partial charge in [-0.15, -0.1) is 4.99 Å². The molecule has 1 heterocycles. The molecule has 0 fully saturated rings. The molecule has 0 bridgehead atoms. The van der Waals surface area contributed by atoms with Crippen LogP contribution in [0.2, 0.25) is 0 Å². The summed E-state index contributed by atoms with van der Waals surface area (Å²) >= 11 is 0. The second-order valence-corrected chi connectivity index (χ2v) is 1.62. The molecule has 10 heavy (non-hydrogen) atoms. The number of aliphatic hydroxyl groups is 1. The maximum absolute atomic E-state index is 8.49. The van der Waals surface area contributed by atoms with Crippen molar-refractivity contribution >= 4 is 5.88 Å². The van der Waals surface area contributed by atoms with E-state index in [1.807, 2.05) is 5.48 Å². The Labute approximate surface area is 56.7 Å². The van der Waals surface area contributed by atoms with E-state index in [4.69, 9.17) is 14.8 Å². The molecule has 0 aliphatic rings. The van der Waals surface area contributed by atoms with Crippen LogP contribution in [0.25, 0.3) is 0 Å². The number of furan rings is 1. The maximum Gasteiger partial charge on any atom is 0.219 e. The Morgan fingerprint density at radius 1 is 1.60 bits per heavy atom. The van der Waals surface area contributed by atoms with Crippen LogP contribution in [0, 0.1) is 0 Å². The van der Waals surface area contributed by atoms with Crippen LogP contribution in [0.15, 0.2) is 16.5 Å². The highest BCUT2D eigenvalue weighted by Crippen LogP contribution is 2.12. The monoisotopic (exact) mass is 145 g/mol. The number of aliphatic hydroxyl groups excluding tert-OH is 1. The molecule has 1 rings (SSSR count). The van der Waals surface area contributed by atoms with Crippen LogP contribution in [-0.4, -0.2) is 10.4 Å². The van der Waals surface area contributed by atoms with Gasteiger partial charge in [0.2, 0.25) is 5.88 Å². The van der Waals surface area contributed by atoms with Crippen LogP contribution in [0.5, 0.6) is 0 Å². The minimum absolute atomic E-state index is 0.174. The molecular formula is C5H7NO4. The fraction of sp³-hybridized carbons (Fsp3) is 0.200. The normalized spacial score (nSPS) is 9.80. The second-order valence-electron chi connectivity index (χ2n) is 1.62. The Morgan fingerprint density at radius 3 is 2.90 bits per heavy atom. The molecule has 0 saturated carbocycles. The molecule has 0 saturated heterocycles. The van der Waals surface area contributed by atoms with E-state index in [-0.39, 0.29) is 12.5 Å². The van der Waals surface area contributed by atoms with Crippen molar-refractivity contribution in [1.29, 1.82) is 0 Å². The van der Waals surface area contributed by atoms with Crippen molar-refractivity contribution in [3.05, 3.63) is 17.9 Å². The molecule has 0 radical (unpaired) electrons. The van der Waals surface area contributed by atoms with Crippen LogP contribution in [0.1, 0.15) is 5.76 Å². The predicted molar refractivity (Wildman–Crippen MR) is 32.0 cm³/mol. The lowest BCUT2D eigenvalue weighted by Gasteiger charge is -1.92. The van der Waals surface area contributed by atoms with Gasteiger partial charge in [0.05, 0.1) is 0 Å². The minimum atomic E-state index is -0.174. The van der Waals surface area contributed by atoms with Crippen molar-refractivity contribution in [3.8, 4) is 0 Å². The van der Waals surface area contributed by atoms with Crippen molar-refractivity contribution in [2.45, 2.75) is 6.61 Å². The molecule has 5 heteroatoms. The zero-order valence-corrected chi connectivity index (χ0v) is 5.07. The molecule has 0 aromatic carbocycles. The predicted octanol–water partition coefficient (Wildman–Crippen LogP) is 0.588. The van der Waals surface area contributed by atoms with E-state index in [0.717, 1.165) is 0 Å². The van der Waals surface area contributed by atoms with E-state index >= 15 is 0 Å². The third-order valence-corrected chi connectivity index (χ3v) is 0.964. The summed E-state index contributed by atoms with van der Waals surface area (Å²) in [6.45, 7) is -0.174. The second kappa shape index (κ2) is 3.21. The molecule has 1 aromatic heterocycles. The van der Waals surface area contributed by atoms with Gasteiger partial charge in [-0.2, -0.15) is 0 Å². The lowest BCUT2D eigenvalue weighted by atomic mass is 10.5. The zero-order chi connectivity index (χ0) is 7.40. The SMILES string of the molecule is OCc1ccc(NOO)o1. The van der Waals surface area contributed by atoms with E-state index in [1.165, 1.54) is 6.07 Å². The number of nitrogens with one attached hydrogen (secondary N) is 1. The first kappa shape index (κ1) is 7.07. The first-order valence-electron chi connectivity index (χ1n) is 2.63. The summed E-state index contributed by atoms with van der Waals surface area (Å²) in [6.07, 6.45) is 0. The highest BCUT2D eigenvalue weighted by atomic mass is 17.2. The van der Waals surface area contributed by atoms with Crippen molar-refractivity contribution in [1.82, 2.24) is 0 Å². The fourth-order valence-electron chi connectivity index (χ4n) is 0.563. The van der Waals surface area contributed by atoms with Gasteiger partial charge in [-0.25, -0.2) is 10.7 Å². The number of hydrogen-bond acceptors (Lipinski definition) is 5. The molecule has 3 N–H and O–H groups in total. The minimum Gasteiger partial charge on any atom is -0.441 e. The van der Waals surface area contributed by atoms with Crippen molar-refractivity contribution in [3.63, 3.8) is 0 Å². The van der Waals surface area contributed by atoms with E-state index in [1.54, 1.807) is 6.07 Å². The third-order valence-electron chi connectivity index (χ3n) is 0.964. The first-order chi connectivity index (χ1) is 4.86. The average Bonchev–Trinajstić information content (AvgIpc) is 2.37. The Balaban J connectivity index is 2.59. The quantitative estimate of drug-likeness (QED) is 0.428. The summed E-state index contributed by atoms with van der Waals surface area (Å²) in [7, 11) is 0. The molecule has 56 valence electrons.